The first kappa shape index (κ1) is 20.2. The van der Waals surface area contributed by atoms with Crippen LogP contribution in [0.25, 0.3) is 0 Å². The third-order valence-corrected chi connectivity index (χ3v) is 4.70. The average molecular weight is 393 g/mol. The summed E-state index contributed by atoms with van der Waals surface area (Å²) < 4.78 is 14.0. The number of piperazine rings is 1. The molecule has 0 aromatic heterocycles. The molecule has 1 aliphatic heterocycles. The van der Waals surface area contributed by atoms with Gasteiger partial charge in [-0.25, -0.2) is 4.39 Å². The van der Waals surface area contributed by atoms with E-state index in [1.165, 1.54) is 6.07 Å². The fraction of sp³-hybridized carbons (Fsp3) is 0.273. The van der Waals surface area contributed by atoms with Crippen molar-refractivity contribution in [3.63, 3.8) is 0 Å². The number of carbonyl (C=O) groups excluding carboxylic acids is 1. The Morgan fingerprint density at radius 1 is 1.17 bits per heavy atom. The van der Waals surface area contributed by atoms with Gasteiger partial charge in [0.25, 0.3) is 0 Å². The summed E-state index contributed by atoms with van der Waals surface area (Å²) in [5.74, 6) is 2.78. The van der Waals surface area contributed by atoms with Gasteiger partial charge in [-0.05, 0) is 30.3 Å². The molecule has 0 saturated carbocycles. The molecule has 1 saturated heterocycles. The lowest BCUT2D eigenvalue weighted by molar-refractivity contribution is -0.115. The highest BCUT2D eigenvalue weighted by Gasteiger charge is 2.21. The van der Waals surface area contributed by atoms with Crippen molar-refractivity contribution in [2.24, 2.45) is 4.99 Å². The van der Waals surface area contributed by atoms with Gasteiger partial charge in [-0.3, -0.25) is 9.79 Å². The Morgan fingerprint density at radius 2 is 1.93 bits per heavy atom. The van der Waals surface area contributed by atoms with Crippen molar-refractivity contribution in [3.05, 3.63) is 59.9 Å². The van der Waals surface area contributed by atoms with Crippen LogP contribution in [0.15, 0.2) is 53.5 Å². The predicted octanol–water partition coefficient (Wildman–Crippen LogP) is 2.14. The molecule has 6 nitrogen and oxygen atoms in total. The first-order valence-corrected chi connectivity index (χ1v) is 9.42. The molecule has 0 unspecified atom stereocenters. The van der Waals surface area contributed by atoms with Gasteiger partial charge < -0.3 is 20.4 Å². The highest BCUT2D eigenvalue weighted by atomic mass is 19.1. The summed E-state index contributed by atoms with van der Waals surface area (Å²) in [6.07, 6.45) is 5.38. The van der Waals surface area contributed by atoms with Gasteiger partial charge in [0.15, 0.2) is 5.96 Å². The number of hydrogen-bond acceptors (Lipinski definition) is 3. The Hall–Kier alpha value is -3.53. The maximum absolute atomic E-state index is 14.0. The van der Waals surface area contributed by atoms with Crippen molar-refractivity contribution in [1.29, 1.82) is 0 Å². The number of guanidine groups is 1. The molecule has 2 aromatic rings. The van der Waals surface area contributed by atoms with E-state index in [4.69, 9.17) is 6.42 Å². The van der Waals surface area contributed by atoms with E-state index in [1.807, 2.05) is 11.0 Å². The molecule has 0 radical (unpaired) electrons. The topological polar surface area (TPSA) is 60.0 Å². The minimum Gasteiger partial charge on any atom is -0.366 e. The molecule has 29 heavy (non-hydrogen) atoms. The molecule has 0 aliphatic carbocycles. The van der Waals surface area contributed by atoms with Crippen molar-refractivity contribution in [3.8, 4) is 12.3 Å². The third kappa shape index (κ3) is 5.26. The van der Waals surface area contributed by atoms with E-state index < -0.39 is 0 Å². The zero-order chi connectivity index (χ0) is 20.6. The second kappa shape index (κ2) is 9.60. The molecule has 7 heteroatoms. The predicted molar refractivity (Wildman–Crippen MR) is 115 cm³/mol. The normalized spacial score (nSPS) is 14.3. The zero-order valence-electron chi connectivity index (χ0n) is 16.4. The Morgan fingerprint density at radius 3 is 2.62 bits per heavy atom. The van der Waals surface area contributed by atoms with E-state index in [0.29, 0.717) is 49.1 Å². The Labute approximate surface area is 170 Å². The van der Waals surface area contributed by atoms with Crippen molar-refractivity contribution in [2.45, 2.75) is 0 Å². The lowest BCUT2D eigenvalue weighted by Crippen LogP contribution is -2.53. The van der Waals surface area contributed by atoms with Crippen LogP contribution in [0.2, 0.25) is 0 Å². The molecule has 2 N–H and O–H groups in total. The summed E-state index contributed by atoms with van der Waals surface area (Å²) in [6.45, 7) is 2.79. The number of terminal acetylenes is 1. The van der Waals surface area contributed by atoms with Crippen LogP contribution < -0.4 is 15.5 Å². The number of para-hydroxylation sites is 1. The minimum absolute atomic E-state index is 0.0838. The van der Waals surface area contributed by atoms with Crippen LogP contribution in [0.4, 0.5) is 15.8 Å². The maximum atomic E-state index is 14.0. The van der Waals surface area contributed by atoms with Gasteiger partial charge in [-0.15, -0.1) is 6.42 Å². The zero-order valence-corrected chi connectivity index (χ0v) is 16.4. The molecule has 1 heterocycles. The highest BCUT2D eigenvalue weighted by molar-refractivity contribution is 5.95. The number of carbonyl (C=O) groups is 1. The Kier molecular flexibility index (Phi) is 6.69. The quantitative estimate of drug-likeness (QED) is 0.475. The number of nitrogens with one attached hydrogen (secondary N) is 2. The van der Waals surface area contributed by atoms with E-state index in [-0.39, 0.29) is 18.3 Å². The second-order valence-corrected chi connectivity index (χ2v) is 6.60. The van der Waals surface area contributed by atoms with Crippen molar-refractivity contribution in [1.82, 2.24) is 10.2 Å². The molecule has 150 valence electrons. The van der Waals surface area contributed by atoms with Crippen molar-refractivity contribution >= 4 is 23.2 Å². The van der Waals surface area contributed by atoms with Crippen LogP contribution in [0.3, 0.4) is 0 Å². The number of nitrogens with zero attached hydrogens (tertiary/aromatic N) is 3. The number of halogens is 1. The molecule has 0 spiro atoms. The fourth-order valence-electron chi connectivity index (χ4n) is 3.25. The number of anilines is 2. The summed E-state index contributed by atoms with van der Waals surface area (Å²) in [5.41, 5.74) is 1.98. The van der Waals surface area contributed by atoms with Gasteiger partial charge in [-0.2, -0.15) is 0 Å². The van der Waals surface area contributed by atoms with Gasteiger partial charge in [0.2, 0.25) is 5.91 Å². The van der Waals surface area contributed by atoms with Crippen LogP contribution in [0.1, 0.15) is 5.56 Å². The summed E-state index contributed by atoms with van der Waals surface area (Å²) in [6, 6.07) is 13.9. The molecule has 2 aromatic carbocycles. The first-order chi connectivity index (χ1) is 14.1. The van der Waals surface area contributed by atoms with Crippen LogP contribution in [0, 0.1) is 18.2 Å². The monoisotopic (exact) mass is 393 g/mol. The number of benzene rings is 2. The van der Waals surface area contributed by atoms with E-state index >= 15 is 0 Å². The number of amides is 1. The lowest BCUT2D eigenvalue weighted by atomic mass is 10.2. The van der Waals surface area contributed by atoms with Gasteiger partial charge in [0, 0.05) is 44.5 Å². The van der Waals surface area contributed by atoms with Gasteiger partial charge >= 0.3 is 0 Å². The summed E-state index contributed by atoms with van der Waals surface area (Å²) in [4.78, 5) is 20.6. The second-order valence-electron chi connectivity index (χ2n) is 6.60. The largest absolute Gasteiger partial charge is 0.366 e. The van der Waals surface area contributed by atoms with Crippen LogP contribution >= 0.6 is 0 Å². The van der Waals surface area contributed by atoms with E-state index in [1.54, 1.807) is 43.4 Å². The Bertz CT molecular complexity index is 929. The van der Waals surface area contributed by atoms with Crippen LogP contribution in [0.5, 0.6) is 0 Å². The number of rotatable bonds is 4. The summed E-state index contributed by atoms with van der Waals surface area (Å²) in [5, 5.41) is 5.90. The summed E-state index contributed by atoms with van der Waals surface area (Å²) in [7, 11) is 1.68. The third-order valence-electron chi connectivity index (χ3n) is 4.70. The molecule has 1 aliphatic rings. The summed E-state index contributed by atoms with van der Waals surface area (Å²) >= 11 is 0. The maximum Gasteiger partial charge on any atom is 0.243 e. The van der Waals surface area contributed by atoms with Crippen molar-refractivity contribution < 1.29 is 9.18 Å². The van der Waals surface area contributed by atoms with Crippen LogP contribution in [-0.4, -0.2) is 56.5 Å². The van der Waals surface area contributed by atoms with E-state index in [0.717, 1.165) is 0 Å². The molecule has 1 fully saturated rings. The Balaban J connectivity index is 1.50. The first-order valence-electron chi connectivity index (χ1n) is 9.42. The average Bonchev–Trinajstić information content (AvgIpc) is 2.75. The molecular formula is C22H24FN5O. The van der Waals surface area contributed by atoms with E-state index in [2.05, 4.69) is 26.4 Å². The van der Waals surface area contributed by atoms with Gasteiger partial charge in [0.1, 0.15) is 5.82 Å². The number of aliphatic imine (C=N–C) groups is 1. The van der Waals surface area contributed by atoms with E-state index in [9.17, 15) is 9.18 Å². The van der Waals surface area contributed by atoms with Crippen molar-refractivity contribution in [2.75, 3.05) is 50.0 Å². The molecular weight excluding hydrogens is 369 g/mol. The molecule has 0 atom stereocenters. The number of hydrogen-bond donors (Lipinski definition) is 2. The molecule has 3 rings (SSSR count). The fourth-order valence-corrected chi connectivity index (χ4v) is 3.25. The standard InChI is InChI=1S/C22H24FN5O/c1-3-17-7-6-8-18(15-17)26-21(29)16-25-22(24-2)28-13-11-27(12-14-28)20-10-5-4-9-19(20)23/h1,4-10,15H,11-14,16H2,2H3,(H,24,25)(H,26,29). The smallest absolute Gasteiger partial charge is 0.243 e. The molecule has 0 bridgehead atoms. The lowest BCUT2D eigenvalue weighted by Gasteiger charge is -2.37. The van der Waals surface area contributed by atoms with Crippen LogP contribution in [-0.2, 0) is 4.79 Å². The van der Waals surface area contributed by atoms with Gasteiger partial charge in [-0.1, -0.05) is 24.1 Å². The minimum atomic E-state index is -0.214. The molecule has 1 amide bonds. The van der Waals surface area contributed by atoms with Gasteiger partial charge in [0.05, 0.1) is 12.2 Å². The highest BCUT2D eigenvalue weighted by Crippen LogP contribution is 2.20. The SMILES string of the molecule is C#Cc1cccc(NC(=O)CNC(=NC)N2CCN(c3ccccc3F)CC2)c1.